The summed E-state index contributed by atoms with van der Waals surface area (Å²) in [5.41, 5.74) is 16.3. The predicted octanol–water partition coefficient (Wildman–Crippen LogP) is 0.154. The van der Waals surface area contributed by atoms with Gasteiger partial charge in [0.1, 0.15) is 0 Å². The maximum Gasteiger partial charge on any atom is 0.248 e. The Morgan fingerprint density at radius 1 is 1.33 bits per heavy atom. The van der Waals surface area contributed by atoms with Crippen LogP contribution >= 0.6 is 0 Å². The molecule has 0 aromatic heterocycles. The van der Waals surface area contributed by atoms with Gasteiger partial charge in [-0.2, -0.15) is 0 Å². The molecule has 1 fully saturated rings. The van der Waals surface area contributed by atoms with Crippen molar-refractivity contribution >= 4 is 5.91 Å². The fourth-order valence-corrected chi connectivity index (χ4v) is 1.51. The normalized spacial score (nSPS) is 14.6. The van der Waals surface area contributed by atoms with Crippen LogP contribution in [0.3, 0.4) is 0 Å². The van der Waals surface area contributed by atoms with Gasteiger partial charge in [0.15, 0.2) is 11.5 Å². The van der Waals surface area contributed by atoms with Gasteiger partial charge < -0.3 is 15.2 Å². The largest absolute Gasteiger partial charge is 0.489 e. The molecule has 0 unspecified atom stereocenters. The number of hydrogen-bond acceptors (Lipinski definition) is 5. The third-order valence-corrected chi connectivity index (χ3v) is 2.66. The van der Waals surface area contributed by atoms with Gasteiger partial charge in [0.2, 0.25) is 12.3 Å². The Labute approximate surface area is 105 Å². The molecule has 0 bridgehead atoms. The molecule has 0 spiro atoms. The van der Waals surface area contributed by atoms with Crippen LogP contribution in [0, 0.1) is 5.92 Å². The monoisotopic (exact) mass is 251 g/mol. The summed E-state index contributed by atoms with van der Waals surface area (Å²) in [4.78, 5) is 11.1. The molecule has 0 heterocycles. The van der Waals surface area contributed by atoms with E-state index in [0.717, 1.165) is 0 Å². The van der Waals surface area contributed by atoms with Crippen molar-refractivity contribution in [3.8, 4) is 11.5 Å². The maximum atomic E-state index is 11.1. The highest BCUT2D eigenvalue weighted by Crippen LogP contribution is 2.33. The second-order valence-electron chi connectivity index (χ2n) is 4.36. The Bertz CT molecular complexity index is 444. The summed E-state index contributed by atoms with van der Waals surface area (Å²) in [5.74, 6) is 0.922. The minimum Gasteiger partial charge on any atom is -0.489 e. The first-order valence-corrected chi connectivity index (χ1v) is 5.80. The molecular formula is C12H17N3O3. The van der Waals surface area contributed by atoms with Crippen LogP contribution in [0.4, 0.5) is 0 Å². The van der Waals surface area contributed by atoms with Gasteiger partial charge in [-0.25, -0.2) is 0 Å². The molecule has 6 heteroatoms. The van der Waals surface area contributed by atoms with E-state index in [1.807, 2.05) is 0 Å². The number of hydrogen-bond donors (Lipinski definition) is 3. The molecule has 2 rings (SSSR count). The number of primary amides is 1. The van der Waals surface area contributed by atoms with Gasteiger partial charge in [0, 0.05) is 5.56 Å². The molecule has 18 heavy (non-hydrogen) atoms. The van der Waals surface area contributed by atoms with Crippen LogP contribution in [-0.2, 0) is 0 Å². The summed E-state index contributed by atoms with van der Waals surface area (Å²) in [5, 5.41) is 0. The lowest BCUT2D eigenvalue weighted by Crippen LogP contribution is -2.36. The number of amides is 1. The molecule has 0 atom stereocenters. The van der Waals surface area contributed by atoms with E-state index in [2.05, 4.69) is 0 Å². The van der Waals surface area contributed by atoms with E-state index in [0.29, 0.717) is 29.6 Å². The Kier molecular flexibility index (Phi) is 3.69. The van der Waals surface area contributed by atoms with Crippen molar-refractivity contribution < 1.29 is 14.3 Å². The van der Waals surface area contributed by atoms with E-state index in [1.54, 1.807) is 18.2 Å². The molecule has 6 N–H and O–H groups in total. The second kappa shape index (κ2) is 5.24. The Balaban J connectivity index is 2.17. The fourth-order valence-electron chi connectivity index (χ4n) is 1.51. The van der Waals surface area contributed by atoms with Crippen molar-refractivity contribution in [2.75, 3.05) is 6.61 Å². The Hall–Kier alpha value is -1.79. The Morgan fingerprint density at radius 2 is 2.06 bits per heavy atom. The van der Waals surface area contributed by atoms with Crippen molar-refractivity contribution in [1.29, 1.82) is 0 Å². The summed E-state index contributed by atoms with van der Waals surface area (Å²) in [6.45, 7) is 0.596. The molecule has 1 aromatic carbocycles. The van der Waals surface area contributed by atoms with Gasteiger partial charge in [-0.15, -0.1) is 0 Å². The predicted molar refractivity (Wildman–Crippen MR) is 66.0 cm³/mol. The molecule has 0 radical (unpaired) electrons. The highest BCUT2D eigenvalue weighted by molar-refractivity contribution is 5.93. The zero-order chi connectivity index (χ0) is 13.1. The van der Waals surface area contributed by atoms with Crippen molar-refractivity contribution in [3.05, 3.63) is 23.8 Å². The van der Waals surface area contributed by atoms with Crippen LogP contribution in [0.15, 0.2) is 18.2 Å². The standard InChI is InChI=1S/C12H17N3O3/c13-11(16)8-3-4-9(18-12(14)15)10(5-8)17-6-7-1-2-7/h3-5,7,12H,1-2,6,14-15H2,(H2,13,16). The zero-order valence-electron chi connectivity index (χ0n) is 9.96. The highest BCUT2D eigenvalue weighted by Gasteiger charge is 2.23. The van der Waals surface area contributed by atoms with Gasteiger partial charge in [-0.1, -0.05) is 0 Å². The lowest BCUT2D eigenvalue weighted by atomic mass is 10.2. The van der Waals surface area contributed by atoms with Crippen molar-refractivity contribution in [2.45, 2.75) is 19.2 Å². The molecule has 0 aliphatic heterocycles. The number of nitrogens with two attached hydrogens (primary N) is 3. The van der Waals surface area contributed by atoms with Gasteiger partial charge >= 0.3 is 0 Å². The smallest absolute Gasteiger partial charge is 0.248 e. The lowest BCUT2D eigenvalue weighted by molar-refractivity contribution is 0.0999. The van der Waals surface area contributed by atoms with Crippen LogP contribution in [0.2, 0.25) is 0 Å². The minimum absolute atomic E-state index is 0.360. The van der Waals surface area contributed by atoms with E-state index in [1.165, 1.54) is 12.8 Å². The fraction of sp³-hybridized carbons (Fsp3) is 0.417. The van der Waals surface area contributed by atoms with Gasteiger partial charge in [-0.3, -0.25) is 16.3 Å². The first kappa shape index (κ1) is 12.7. The third-order valence-electron chi connectivity index (χ3n) is 2.66. The van der Waals surface area contributed by atoms with Crippen molar-refractivity contribution in [2.24, 2.45) is 23.1 Å². The van der Waals surface area contributed by atoms with E-state index < -0.39 is 12.3 Å². The SMILES string of the molecule is NC(=O)c1ccc(OC(N)N)c(OCC2CC2)c1. The summed E-state index contributed by atoms with van der Waals surface area (Å²) < 4.78 is 10.8. The molecule has 98 valence electrons. The Morgan fingerprint density at radius 3 is 2.61 bits per heavy atom. The third kappa shape index (κ3) is 3.35. The molecule has 1 saturated carbocycles. The zero-order valence-corrected chi connectivity index (χ0v) is 9.96. The van der Waals surface area contributed by atoms with Crippen molar-refractivity contribution in [1.82, 2.24) is 0 Å². The van der Waals surface area contributed by atoms with Crippen molar-refractivity contribution in [3.63, 3.8) is 0 Å². The molecule has 1 aliphatic rings. The van der Waals surface area contributed by atoms with E-state index in [-0.39, 0.29) is 0 Å². The first-order valence-electron chi connectivity index (χ1n) is 5.80. The lowest BCUT2D eigenvalue weighted by Gasteiger charge is -2.15. The van der Waals surface area contributed by atoms with Crippen LogP contribution in [-0.4, -0.2) is 18.9 Å². The topological polar surface area (TPSA) is 114 Å². The number of benzene rings is 1. The average molecular weight is 251 g/mol. The molecule has 0 saturated heterocycles. The van der Waals surface area contributed by atoms with Crippen LogP contribution in [0.5, 0.6) is 11.5 Å². The number of rotatable bonds is 6. The summed E-state index contributed by atoms with van der Waals surface area (Å²) in [7, 11) is 0. The number of carbonyl (C=O) groups excluding carboxylic acids is 1. The molecule has 1 amide bonds. The van der Waals surface area contributed by atoms with Gasteiger partial charge in [0.05, 0.1) is 6.61 Å². The van der Waals surface area contributed by atoms with E-state index >= 15 is 0 Å². The maximum absolute atomic E-state index is 11.1. The van der Waals surface area contributed by atoms with Crippen LogP contribution in [0.1, 0.15) is 23.2 Å². The van der Waals surface area contributed by atoms with E-state index in [4.69, 9.17) is 26.7 Å². The number of ether oxygens (including phenoxy) is 2. The molecule has 6 nitrogen and oxygen atoms in total. The summed E-state index contributed by atoms with van der Waals surface area (Å²) in [6, 6.07) is 4.67. The summed E-state index contributed by atoms with van der Waals surface area (Å²) >= 11 is 0. The quantitative estimate of drug-likeness (QED) is 0.623. The van der Waals surface area contributed by atoms with Gasteiger partial charge in [-0.05, 0) is 37.0 Å². The average Bonchev–Trinajstić information content (AvgIpc) is 3.10. The molecular weight excluding hydrogens is 234 g/mol. The molecule has 1 aromatic rings. The minimum atomic E-state index is -0.937. The number of carbonyl (C=O) groups is 1. The van der Waals surface area contributed by atoms with E-state index in [9.17, 15) is 4.79 Å². The second-order valence-corrected chi connectivity index (χ2v) is 4.36. The summed E-state index contributed by atoms with van der Waals surface area (Å²) in [6.07, 6.45) is 1.40. The van der Waals surface area contributed by atoms with Gasteiger partial charge in [0.25, 0.3) is 0 Å². The first-order chi connectivity index (χ1) is 8.56. The van der Waals surface area contributed by atoms with Crippen LogP contribution in [0.25, 0.3) is 0 Å². The molecule has 1 aliphatic carbocycles. The van der Waals surface area contributed by atoms with Crippen LogP contribution < -0.4 is 26.7 Å². The highest BCUT2D eigenvalue weighted by atomic mass is 16.5.